The Balaban J connectivity index is 2.33. The van der Waals surface area contributed by atoms with E-state index in [1.807, 2.05) is 0 Å². The largest absolute Gasteiger partial charge is 0.480 e. The Labute approximate surface area is 100 Å². The molecule has 1 aromatic heterocycles. The summed E-state index contributed by atoms with van der Waals surface area (Å²) >= 11 is 3.30. The zero-order chi connectivity index (χ0) is 11.5. The van der Waals surface area contributed by atoms with Crippen LogP contribution in [-0.2, 0) is 4.84 Å². The first kappa shape index (κ1) is 11.3. The first-order valence-corrected chi connectivity index (χ1v) is 5.34. The number of aliphatic imine (C=N–C) groups is 1. The van der Waals surface area contributed by atoms with Crippen LogP contribution in [0.1, 0.15) is 5.69 Å². The average molecular weight is 288 g/mol. The number of pyridine rings is 1. The topological polar surface area (TPSA) is 76.0 Å². The Hall–Kier alpha value is -1.18. The molecule has 16 heavy (non-hydrogen) atoms. The van der Waals surface area contributed by atoms with Gasteiger partial charge < -0.3 is 9.84 Å². The Morgan fingerprint density at radius 1 is 1.62 bits per heavy atom. The van der Waals surface area contributed by atoms with Crippen molar-refractivity contribution in [3.05, 3.63) is 22.3 Å². The van der Waals surface area contributed by atoms with Crippen molar-refractivity contribution < 1.29 is 14.7 Å². The number of aliphatic hydroxyl groups excluding tert-OH is 1. The molecule has 1 aliphatic heterocycles. The highest BCUT2D eigenvalue weighted by molar-refractivity contribution is 9.10. The van der Waals surface area contributed by atoms with Crippen LogP contribution in [0.3, 0.4) is 0 Å². The summed E-state index contributed by atoms with van der Waals surface area (Å²) in [4.78, 5) is 13.1. The SMILES string of the molecule is COc1nc(C2=NC(O)CON2)ccc1Br. The van der Waals surface area contributed by atoms with E-state index in [9.17, 15) is 5.11 Å². The Morgan fingerprint density at radius 2 is 2.44 bits per heavy atom. The quantitative estimate of drug-likeness (QED) is 0.826. The van der Waals surface area contributed by atoms with Crippen molar-refractivity contribution in [1.82, 2.24) is 10.5 Å². The molecular formula is C9H10BrN3O3. The third-order valence-electron chi connectivity index (χ3n) is 1.93. The molecule has 2 heterocycles. The molecule has 0 saturated carbocycles. The van der Waals surface area contributed by atoms with Gasteiger partial charge in [-0.3, -0.25) is 4.84 Å². The average Bonchev–Trinajstić information content (AvgIpc) is 2.29. The molecule has 1 aromatic rings. The molecule has 0 amide bonds. The van der Waals surface area contributed by atoms with Gasteiger partial charge in [0, 0.05) is 0 Å². The summed E-state index contributed by atoms with van der Waals surface area (Å²) in [6, 6.07) is 3.52. The minimum Gasteiger partial charge on any atom is -0.480 e. The van der Waals surface area contributed by atoms with E-state index in [-0.39, 0.29) is 6.61 Å². The second kappa shape index (κ2) is 4.77. The van der Waals surface area contributed by atoms with Crippen molar-refractivity contribution in [3.8, 4) is 5.88 Å². The lowest BCUT2D eigenvalue weighted by Crippen LogP contribution is -2.36. The van der Waals surface area contributed by atoms with Crippen LogP contribution >= 0.6 is 15.9 Å². The van der Waals surface area contributed by atoms with Crippen molar-refractivity contribution in [1.29, 1.82) is 0 Å². The van der Waals surface area contributed by atoms with Gasteiger partial charge in [-0.15, -0.1) is 0 Å². The molecule has 86 valence electrons. The molecule has 1 unspecified atom stereocenters. The predicted molar refractivity (Wildman–Crippen MR) is 60.1 cm³/mol. The molecule has 0 fully saturated rings. The van der Waals surface area contributed by atoms with Crippen molar-refractivity contribution >= 4 is 21.8 Å². The molecule has 2 rings (SSSR count). The molecule has 0 aliphatic carbocycles. The first-order valence-electron chi connectivity index (χ1n) is 4.55. The summed E-state index contributed by atoms with van der Waals surface area (Å²) in [7, 11) is 1.53. The molecule has 0 spiro atoms. The van der Waals surface area contributed by atoms with Gasteiger partial charge in [0.05, 0.1) is 11.6 Å². The number of aliphatic hydroxyl groups is 1. The third kappa shape index (κ3) is 2.31. The number of nitrogens with zero attached hydrogens (tertiary/aromatic N) is 2. The molecule has 7 heteroatoms. The summed E-state index contributed by atoms with van der Waals surface area (Å²) in [5.41, 5.74) is 3.13. The van der Waals surface area contributed by atoms with Crippen LogP contribution in [-0.4, -0.2) is 35.9 Å². The lowest BCUT2D eigenvalue weighted by atomic mass is 10.3. The van der Waals surface area contributed by atoms with Crippen LogP contribution in [0.5, 0.6) is 5.88 Å². The highest BCUT2D eigenvalue weighted by Gasteiger charge is 2.16. The Morgan fingerprint density at radius 3 is 3.12 bits per heavy atom. The summed E-state index contributed by atoms with van der Waals surface area (Å²) in [6.07, 6.45) is -0.868. The number of halogens is 1. The van der Waals surface area contributed by atoms with E-state index in [0.29, 0.717) is 17.4 Å². The van der Waals surface area contributed by atoms with Gasteiger partial charge in [-0.2, -0.15) is 0 Å². The van der Waals surface area contributed by atoms with Crippen LogP contribution in [0.2, 0.25) is 0 Å². The number of methoxy groups -OCH3 is 1. The normalized spacial score (nSPS) is 19.9. The van der Waals surface area contributed by atoms with Gasteiger partial charge in [0.1, 0.15) is 12.3 Å². The number of nitrogens with one attached hydrogen (secondary N) is 1. The summed E-state index contributed by atoms with van der Waals surface area (Å²) in [5.74, 6) is 0.826. The van der Waals surface area contributed by atoms with E-state index < -0.39 is 6.23 Å². The van der Waals surface area contributed by atoms with Crippen molar-refractivity contribution in [2.24, 2.45) is 4.99 Å². The van der Waals surface area contributed by atoms with Gasteiger partial charge in [-0.1, -0.05) is 0 Å². The molecule has 0 bridgehead atoms. The Kier molecular flexibility index (Phi) is 3.37. The van der Waals surface area contributed by atoms with Crippen LogP contribution in [0.15, 0.2) is 21.6 Å². The smallest absolute Gasteiger partial charge is 0.228 e. The van der Waals surface area contributed by atoms with Crippen molar-refractivity contribution in [2.45, 2.75) is 6.23 Å². The van der Waals surface area contributed by atoms with E-state index in [0.717, 1.165) is 4.47 Å². The number of hydrogen-bond acceptors (Lipinski definition) is 6. The van der Waals surface area contributed by atoms with Gasteiger partial charge in [0.15, 0.2) is 12.1 Å². The number of hydroxylamine groups is 1. The minimum absolute atomic E-state index is 0.122. The molecule has 1 atom stereocenters. The van der Waals surface area contributed by atoms with Crippen molar-refractivity contribution in [2.75, 3.05) is 13.7 Å². The second-order valence-electron chi connectivity index (χ2n) is 3.06. The summed E-state index contributed by atoms with van der Waals surface area (Å²) in [5, 5.41) is 9.30. The van der Waals surface area contributed by atoms with E-state index in [1.165, 1.54) is 7.11 Å². The molecular weight excluding hydrogens is 278 g/mol. The predicted octanol–water partition coefficient (Wildman–Crippen LogP) is 0.452. The third-order valence-corrected chi connectivity index (χ3v) is 2.53. The fraction of sp³-hybridized carbons (Fsp3) is 0.333. The second-order valence-corrected chi connectivity index (χ2v) is 3.91. The van der Waals surface area contributed by atoms with Gasteiger partial charge in [0.2, 0.25) is 5.88 Å². The molecule has 1 aliphatic rings. The maximum Gasteiger partial charge on any atom is 0.228 e. The fourth-order valence-corrected chi connectivity index (χ4v) is 1.60. The van der Waals surface area contributed by atoms with Crippen LogP contribution in [0, 0.1) is 0 Å². The Bertz CT molecular complexity index is 424. The summed E-state index contributed by atoms with van der Waals surface area (Å²) < 4.78 is 5.81. The van der Waals surface area contributed by atoms with E-state index in [4.69, 9.17) is 9.57 Å². The number of rotatable bonds is 2. The first-order chi connectivity index (χ1) is 7.70. The molecule has 0 saturated heterocycles. The van der Waals surface area contributed by atoms with E-state index in [1.54, 1.807) is 12.1 Å². The lowest BCUT2D eigenvalue weighted by Gasteiger charge is -2.18. The zero-order valence-corrected chi connectivity index (χ0v) is 10.1. The van der Waals surface area contributed by atoms with Crippen LogP contribution < -0.4 is 10.2 Å². The van der Waals surface area contributed by atoms with Gasteiger partial charge in [-0.25, -0.2) is 15.5 Å². The number of aromatic nitrogens is 1. The minimum atomic E-state index is -0.868. The fourth-order valence-electron chi connectivity index (χ4n) is 1.21. The van der Waals surface area contributed by atoms with Crippen LogP contribution in [0.4, 0.5) is 0 Å². The van der Waals surface area contributed by atoms with Gasteiger partial charge >= 0.3 is 0 Å². The molecule has 2 N–H and O–H groups in total. The summed E-state index contributed by atoms with van der Waals surface area (Å²) in [6.45, 7) is 0.122. The van der Waals surface area contributed by atoms with E-state index in [2.05, 4.69) is 31.4 Å². The maximum atomic E-state index is 9.30. The number of amidine groups is 1. The molecule has 0 radical (unpaired) electrons. The van der Waals surface area contributed by atoms with Gasteiger partial charge in [0.25, 0.3) is 0 Å². The lowest BCUT2D eigenvalue weighted by molar-refractivity contribution is -0.00328. The number of hydrogen-bond donors (Lipinski definition) is 2. The maximum absolute atomic E-state index is 9.30. The van der Waals surface area contributed by atoms with Crippen LogP contribution in [0.25, 0.3) is 0 Å². The highest BCUT2D eigenvalue weighted by Crippen LogP contribution is 2.22. The van der Waals surface area contributed by atoms with Crippen molar-refractivity contribution in [3.63, 3.8) is 0 Å². The highest BCUT2D eigenvalue weighted by atomic mass is 79.9. The molecule has 6 nitrogen and oxygen atoms in total. The zero-order valence-electron chi connectivity index (χ0n) is 8.48. The standard InChI is InChI=1S/C9H10BrN3O3/c1-15-9-5(10)2-3-6(11-9)8-12-7(14)4-16-13-8/h2-3,7,14H,4H2,1H3,(H,12,13). The number of ether oxygens (including phenoxy) is 1. The molecule has 0 aromatic carbocycles. The van der Waals surface area contributed by atoms with Gasteiger partial charge in [-0.05, 0) is 28.1 Å². The monoisotopic (exact) mass is 287 g/mol. The van der Waals surface area contributed by atoms with E-state index >= 15 is 0 Å².